The first-order valence-electron chi connectivity index (χ1n) is 11.3. The Hall–Kier alpha value is -2.57. The molecule has 0 spiro atoms. The number of ether oxygens (including phenoxy) is 5. The average Bonchev–Trinajstić information content (AvgIpc) is 2.65. The molecule has 12 heteroatoms. The Morgan fingerprint density at radius 1 is 0.800 bits per heavy atom. The van der Waals surface area contributed by atoms with Crippen LogP contribution in [0.15, 0.2) is 0 Å². The fourth-order valence-electron chi connectivity index (χ4n) is 4.65. The number of esters is 4. The van der Waals surface area contributed by atoms with Crippen LogP contribution in [0, 0.1) is 0 Å². The molecule has 1 unspecified atom stereocenters. The molecule has 0 aromatic heterocycles. The summed E-state index contributed by atoms with van der Waals surface area (Å²) in [6.07, 6.45) is -6.05. The predicted molar refractivity (Wildman–Crippen MR) is 117 cm³/mol. The van der Waals surface area contributed by atoms with Gasteiger partial charge in [-0.15, -0.1) is 0 Å². The second-order valence-corrected chi connectivity index (χ2v) is 9.98. The van der Waals surface area contributed by atoms with E-state index in [-0.39, 0.29) is 25.2 Å². The monoisotopic (exact) mass is 501 g/mol. The third kappa shape index (κ3) is 7.45. The van der Waals surface area contributed by atoms with Crippen molar-refractivity contribution in [2.24, 2.45) is 0 Å². The van der Waals surface area contributed by atoms with Crippen molar-refractivity contribution in [1.82, 2.24) is 5.06 Å². The van der Waals surface area contributed by atoms with E-state index < -0.39 is 65.7 Å². The number of rotatable bonds is 7. The Bertz CT molecular complexity index is 832. The summed E-state index contributed by atoms with van der Waals surface area (Å²) in [5.41, 5.74) is -1.53. The standard InChI is InChI=1S/C23H35NO11/c1-12(25)30-11-17-18(31-13(2)26)19(32-14(3)27)20(33-15(4)28)21(34-17)35-24-22(5,6)9-16(29)10-23(24,7)8/h17-21H,9-11H2,1-8H3/t17-,18-,19+,20-,21?/m1/s1. The molecule has 198 valence electrons. The summed E-state index contributed by atoms with van der Waals surface area (Å²) < 4.78 is 27.3. The molecular weight excluding hydrogens is 466 g/mol. The molecule has 2 saturated heterocycles. The first-order chi connectivity index (χ1) is 16.0. The Morgan fingerprint density at radius 2 is 1.26 bits per heavy atom. The summed E-state index contributed by atoms with van der Waals surface area (Å²) in [7, 11) is 0. The zero-order chi connectivity index (χ0) is 26.7. The SMILES string of the molecule is CC(=O)OC[C@H]1OC(ON2C(C)(C)CC(=O)CC2(C)C)[C@H](OC(C)=O)[C@@H](OC(C)=O)[C@@H]1OC(C)=O. The van der Waals surface area contributed by atoms with Gasteiger partial charge >= 0.3 is 23.9 Å². The fraction of sp³-hybridized carbons (Fsp3) is 0.783. The van der Waals surface area contributed by atoms with E-state index in [0.717, 1.165) is 20.8 Å². The maximum Gasteiger partial charge on any atom is 0.303 e. The van der Waals surface area contributed by atoms with Gasteiger partial charge in [0, 0.05) is 51.6 Å². The highest BCUT2D eigenvalue weighted by Gasteiger charge is 2.56. The van der Waals surface area contributed by atoms with Gasteiger partial charge in [0.2, 0.25) is 6.29 Å². The fourth-order valence-corrected chi connectivity index (χ4v) is 4.65. The number of Topliss-reactive ketones (excluding diaryl/α,β-unsaturated/α-hetero) is 1. The molecule has 2 aliphatic heterocycles. The van der Waals surface area contributed by atoms with Crippen LogP contribution in [0.5, 0.6) is 0 Å². The molecule has 2 fully saturated rings. The summed E-state index contributed by atoms with van der Waals surface area (Å²) in [5, 5.41) is 1.60. The summed E-state index contributed by atoms with van der Waals surface area (Å²) in [6.45, 7) is 11.5. The van der Waals surface area contributed by atoms with Crippen LogP contribution in [0.4, 0.5) is 0 Å². The number of hydrogen-bond acceptors (Lipinski definition) is 12. The Morgan fingerprint density at radius 3 is 1.71 bits per heavy atom. The second kappa shape index (κ2) is 11.0. The van der Waals surface area contributed by atoms with E-state index in [4.69, 9.17) is 28.5 Å². The van der Waals surface area contributed by atoms with Crippen molar-refractivity contribution in [2.75, 3.05) is 6.61 Å². The Balaban J connectivity index is 2.52. The van der Waals surface area contributed by atoms with Crippen molar-refractivity contribution in [1.29, 1.82) is 0 Å². The highest BCUT2D eigenvalue weighted by Crippen LogP contribution is 2.39. The highest BCUT2D eigenvalue weighted by molar-refractivity contribution is 5.81. The smallest absolute Gasteiger partial charge is 0.303 e. The number of hydrogen-bond donors (Lipinski definition) is 0. The topological polar surface area (TPSA) is 144 Å². The van der Waals surface area contributed by atoms with Gasteiger partial charge in [-0.25, -0.2) is 0 Å². The molecule has 0 aromatic rings. The van der Waals surface area contributed by atoms with E-state index >= 15 is 0 Å². The lowest BCUT2D eigenvalue weighted by Crippen LogP contribution is -2.67. The summed E-state index contributed by atoms with van der Waals surface area (Å²) >= 11 is 0. The molecule has 0 amide bonds. The van der Waals surface area contributed by atoms with Crippen LogP contribution in [0.2, 0.25) is 0 Å². The minimum Gasteiger partial charge on any atom is -0.463 e. The first kappa shape index (κ1) is 28.7. The number of hydroxylamine groups is 2. The van der Waals surface area contributed by atoms with Gasteiger partial charge in [-0.3, -0.25) is 28.8 Å². The molecule has 0 bridgehead atoms. The van der Waals surface area contributed by atoms with E-state index in [1.54, 1.807) is 5.06 Å². The van der Waals surface area contributed by atoms with Crippen LogP contribution in [-0.4, -0.2) is 83.1 Å². The van der Waals surface area contributed by atoms with E-state index in [1.807, 2.05) is 27.7 Å². The van der Waals surface area contributed by atoms with E-state index in [0.29, 0.717) is 0 Å². The van der Waals surface area contributed by atoms with Crippen molar-refractivity contribution in [2.45, 2.75) is 110 Å². The van der Waals surface area contributed by atoms with Crippen LogP contribution in [0.1, 0.15) is 68.2 Å². The van der Waals surface area contributed by atoms with Gasteiger partial charge in [-0.05, 0) is 27.7 Å². The first-order valence-corrected chi connectivity index (χ1v) is 11.3. The van der Waals surface area contributed by atoms with Gasteiger partial charge in [0.25, 0.3) is 0 Å². The van der Waals surface area contributed by atoms with Gasteiger partial charge in [0.1, 0.15) is 18.5 Å². The lowest BCUT2D eigenvalue weighted by Gasteiger charge is -2.53. The molecule has 0 aliphatic carbocycles. The maximum atomic E-state index is 12.3. The number of piperidine rings is 1. The van der Waals surface area contributed by atoms with Gasteiger partial charge in [0.05, 0.1) is 0 Å². The number of nitrogens with zero attached hydrogens (tertiary/aromatic N) is 1. The number of carbonyl (C=O) groups excluding carboxylic acids is 5. The maximum absolute atomic E-state index is 12.3. The molecule has 5 atom stereocenters. The van der Waals surface area contributed by atoms with Crippen molar-refractivity contribution < 1.29 is 52.5 Å². The third-order valence-corrected chi connectivity index (χ3v) is 5.52. The molecule has 0 N–H and O–H groups in total. The minimum atomic E-state index is -1.36. The molecule has 0 aromatic carbocycles. The zero-order valence-corrected chi connectivity index (χ0v) is 21.4. The second-order valence-electron chi connectivity index (χ2n) is 9.98. The largest absolute Gasteiger partial charge is 0.463 e. The van der Waals surface area contributed by atoms with E-state index in [1.165, 1.54) is 6.92 Å². The van der Waals surface area contributed by atoms with Crippen molar-refractivity contribution in [3.63, 3.8) is 0 Å². The van der Waals surface area contributed by atoms with Gasteiger partial charge in [-0.2, -0.15) is 5.06 Å². The van der Waals surface area contributed by atoms with Crippen molar-refractivity contribution >= 4 is 29.7 Å². The number of ketones is 1. The molecular formula is C23H35NO11. The van der Waals surface area contributed by atoms with Gasteiger partial charge < -0.3 is 23.7 Å². The molecule has 0 radical (unpaired) electrons. The lowest BCUT2D eigenvalue weighted by molar-refractivity contribution is -0.398. The average molecular weight is 502 g/mol. The summed E-state index contributed by atoms with van der Waals surface area (Å²) in [5.74, 6) is -2.74. The number of carbonyl (C=O) groups is 5. The normalized spacial score (nSPS) is 30.2. The molecule has 35 heavy (non-hydrogen) atoms. The van der Waals surface area contributed by atoms with Crippen LogP contribution in [0.3, 0.4) is 0 Å². The summed E-state index contributed by atoms with van der Waals surface area (Å²) in [4.78, 5) is 65.8. The van der Waals surface area contributed by atoms with Gasteiger partial charge in [-0.1, -0.05) is 0 Å². The Labute approximate surface area is 204 Å². The molecule has 2 rings (SSSR count). The van der Waals surface area contributed by atoms with Crippen LogP contribution in [-0.2, 0) is 52.5 Å². The molecule has 2 heterocycles. The predicted octanol–water partition coefficient (Wildman–Crippen LogP) is 1.22. The summed E-state index contributed by atoms with van der Waals surface area (Å²) in [6, 6.07) is 0. The van der Waals surface area contributed by atoms with Crippen LogP contribution in [0.25, 0.3) is 0 Å². The van der Waals surface area contributed by atoms with Crippen LogP contribution < -0.4 is 0 Å². The van der Waals surface area contributed by atoms with Crippen LogP contribution >= 0.6 is 0 Å². The lowest BCUT2D eigenvalue weighted by atomic mass is 9.81. The third-order valence-electron chi connectivity index (χ3n) is 5.52. The quantitative estimate of drug-likeness (QED) is 0.365. The zero-order valence-electron chi connectivity index (χ0n) is 21.4. The van der Waals surface area contributed by atoms with E-state index in [9.17, 15) is 24.0 Å². The molecule has 2 aliphatic rings. The Kier molecular flexibility index (Phi) is 9.01. The van der Waals surface area contributed by atoms with Crippen molar-refractivity contribution in [3.05, 3.63) is 0 Å². The van der Waals surface area contributed by atoms with Crippen molar-refractivity contribution in [3.8, 4) is 0 Å². The molecule has 0 saturated carbocycles. The minimum absolute atomic E-state index is 0.0568. The highest BCUT2D eigenvalue weighted by atomic mass is 16.8. The van der Waals surface area contributed by atoms with E-state index in [2.05, 4.69) is 0 Å². The van der Waals surface area contributed by atoms with Gasteiger partial charge in [0.15, 0.2) is 18.3 Å². The molecule has 12 nitrogen and oxygen atoms in total.